The summed E-state index contributed by atoms with van der Waals surface area (Å²) in [6.07, 6.45) is 2.81. The molecule has 6 heteroatoms. The first kappa shape index (κ1) is 19.5. The molecule has 0 bridgehead atoms. The number of aromatic amines is 1. The zero-order valence-electron chi connectivity index (χ0n) is 16.4. The number of carbonyl (C=O) groups excluding carboxylic acids is 1. The molecule has 1 aromatic heterocycles. The molecule has 1 atom stereocenters. The van der Waals surface area contributed by atoms with Gasteiger partial charge in [0.1, 0.15) is 5.75 Å². The van der Waals surface area contributed by atoms with Gasteiger partial charge in [0.25, 0.3) is 0 Å². The van der Waals surface area contributed by atoms with Crippen molar-refractivity contribution in [1.29, 1.82) is 0 Å². The number of rotatable bonds is 7. The lowest BCUT2D eigenvalue weighted by molar-refractivity contribution is -0.116. The molecule has 6 nitrogen and oxygen atoms in total. The van der Waals surface area contributed by atoms with Gasteiger partial charge in [0.05, 0.1) is 12.8 Å². The van der Waals surface area contributed by atoms with Gasteiger partial charge in [-0.3, -0.25) is 9.36 Å². The van der Waals surface area contributed by atoms with Gasteiger partial charge in [-0.25, -0.2) is 4.79 Å². The van der Waals surface area contributed by atoms with Gasteiger partial charge in [-0.1, -0.05) is 31.2 Å². The molecular formula is C22H25N3O3. The highest BCUT2D eigenvalue weighted by Crippen LogP contribution is 2.22. The number of benzene rings is 2. The summed E-state index contributed by atoms with van der Waals surface area (Å²) in [7, 11) is 1.65. The topological polar surface area (TPSA) is 76.1 Å². The van der Waals surface area contributed by atoms with Gasteiger partial charge in [0.2, 0.25) is 5.91 Å². The number of hydrogen-bond acceptors (Lipinski definition) is 3. The Morgan fingerprint density at radius 3 is 2.71 bits per heavy atom. The summed E-state index contributed by atoms with van der Waals surface area (Å²) in [5.74, 6) is 0.946. The first-order valence-corrected chi connectivity index (χ1v) is 9.27. The number of ether oxygens (including phenoxy) is 1. The predicted molar refractivity (Wildman–Crippen MR) is 110 cm³/mol. The number of hydrogen-bond donors (Lipinski definition) is 2. The lowest BCUT2D eigenvalue weighted by Gasteiger charge is -2.14. The van der Waals surface area contributed by atoms with E-state index in [0.29, 0.717) is 17.8 Å². The van der Waals surface area contributed by atoms with E-state index >= 15 is 0 Å². The number of methoxy groups -OCH3 is 1. The van der Waals surface area contributed by atoms with Crippen molar-refractivity contribution >= 4 is 11.6 Å². The van der Waals surface area contributed by atoms with Crippen LogP contribution in [0, 0.1) is 12.8 Å². The first-order chi connectivity index (χ1) is 13.5. The minimum atomic E-state index is -0.202. The maximum Gasteiger partial charge on any atom is 0.330 e. The third kappa shape index (κ3) is 4.52. The number of nitrogens with zero attached hydrogens (tertiary/aromatic N) is 1. The fraction of sp³-hybridized carbons (Fsp3) is 0.273. The van der Waals surface area contributed by atoms with E-state index in [1.807, 2.05) is 56.3 Å². The Bertz CT molecular complexity index is 1020. The molecule has 2 N–H and O–H groups in total. The van der Waals surface area contributed by atoms with Crippen LogP contribution in [0.25, 0.3) is 5.69 Å². The Kier molecular flexibility index (Phi) is 5.99. The van der Waals surface area contributed by atoms with E-state index in [1.54, 1.807) is 23.9 Å². The van der Waals surface area contributed by atoms with Crippen molar-refractivity contribution in [1.82, 2.24) is 9.55 Å². The van der Waals surface area contributed by atoms with Crippen LogP contribution in [0.1, 0.15) is 24.6 Å². The van der Waals surface area contributed by atoms with Crippen LogP contribution in [0.4, 0.5) is 5.69 Å². The molecule has 0 aliphatic heterocycles. The van der Waals surface area contributed by atoms with Crippen molar-refractivity contribution < 1.29 is 9.53 Å². The van der Waals surface area contributed by atoms with E-state index in [2.05, 4.69) is 10.3 Å². The minimum Gasteiger partial charge on any atom is -0.496 e. The summed E-state index contributed by atoms with van der Waals surface area (Å²) in [6, 6.07) is 15.1. The zero-order valence-corrected chi connectivity index (χ0v) is 16.4. The lowest BCUT2D eigenvalue weighted by atomic mass is 9.97. The minimum absolute atomic E-state index is 0.0577. The van der Waals surface area contributed by atoms with Crippen LogP contribution in [-0.2, 0) is 11.2 Å². The van der Waals surface area contributed by atoms with Crippen LogP contribution in [0.5, 0.6) is 5.75 Å². The molecule has 3 rings (SSSR count). The van der Waals surface area contributed by atoms with E-state index in [1.165, 1.54) is 0 Å². The quantitative estimate of drug-likeness (QED) is 0.657. The molecule has 0 spiro atoms. The van der Waals surface area contributed by atoms with Crippen molar-refractivity contribution in [3.05, 3.63) is 76.5 Å². The second kappa shape index (κ2) is 8.61. The molecule has 1 unspecified atom stereocenters. The van der Waals surface area contributed by atoms with E-state index in [4.69, 9.17) is 4.74 Å². The van der Waals surface area contributed by atoms with E-state index < -0.39 is 0 Å². The van der Waals surface area contributed by atoms with Gasteiger partial charge in [-0.15, -0.1) is 0 Å². The Labute approximate surface area is 164 Å². The van der Waals surface area contributed by atoms with E-state index in [-0.39, 0.29) is 17.5 Å². The van der Waals surface area contributed by atoms with Crippen LogP contribution in [-0.4, -0.2) is 22.6 Å². The Morgan fingerprint density at radius 2 is 2.00 bits per heavy atom. The average molecular weight is 379 g/mol. The lowest BCUT2D eigenvalue weighted by Crippen LogP contribution is -2.18. The molecular weight excluding hydrogens is 354 g/mol. The highest BCUT2D eigenvalue weighted by Gasteiger charge is 2.13. The number of aryl methyl sites for hydroxylation is 1. The number of imidazole rings is 1. The van der Waals surface area contributed by atoms with Crippen LogP contribution < -0.4 is 15.7 Å². The van der Waals surface area contributed by atoms with Crippen molar-refractivity contribution in [2.45, 2.75) is 26.7 Å². The SMILES string of the molecule is COc1ccccc1CC(C)CC(=O)Nc1cccc(-n2c(C)c[nH]c2=O)c1. The number of amides is 1. The molecule has 0 aliphatic rings. The molecule has 0 saturated heterocycles. The summed E-state index contributed by atoms with van der Waals surface area (Å²) in [6.45, 7) is 3.90. The summed E-state index contributed by atoms with van der Waals surface area (Å²) >= 11 is 0. The third-order valence-electron chi connectivity index (χ3n) is 4.64. The van der Waals surface area contributed by atoms with Crippen molar-refractivity contribution in [3.63, 3.8) is 0 Å². The number of carbonyl (C=O) groups is 1. The smallest absolute Gasteiger partial charge is 0.330 e. The molecule has 0 fully saturated rings. The van der Waals surface area contributed by atoms with Crippen LogP contribution in [0.3, 0.4) is 0 Å². The van der Waals surface area contributed by atoms with Crippen molar-refractivity contribution in [2.75, 3.05) is 12.4 Å². The maximum absolute atomic E-state index is 12.5. The second-order valence-electron chi connectivity index (χ2n) is 6.99. The van der Waals surface area contributed by atoms with Gasteiger partial charge in [-0.2, -0.15) is 0 Å². The van der Waals surface area contributed by atoms with Gasteiger partial charge in [0, 0.05) is 24.0 Å². The van der Waals surface area contributed by atoms with Gasteiger partial charge < -0.3 is 15.0 Å². The molecule has 2 aromatic carbocycles. The summed E-state index contributed by atoms with van der Waals surface area (Å²) in [5.41, 5.74) is 3.07. The molecule has 1 heterocycles. The van der Waals surface area contributed by atoms with Gasteiger partial charge >= 0.3 is 5.69 Å². The molecule has 0 radical (unpaired) electrons. The summed E-state index contributed by atoms with van der Waals surface area (Å²) in [4.78, 5) is 27.1. The van der Waals surface area contributed by atoms with Crippen LogP contribution in [0.2, 0.25) is 0 Å². The number of nitrogens with one attached hydrogen (secondary N) is 2. The molecule has 3 aromatic rings. The maximum atomic E-state index is 12.5. The Morgan fingerprint density at radius 1 is 1.21 bits per heavy atom. The highest BCUT2D eigenvalue weighted by molar-refractivity contribution is 5.91. The highest BCUT2D eigenvalue weighted by atomic mass is 16.5. The standard InChI is InChI=1S/C22H25N3O3/c1-15(11-17-7-4-5-10-20(17)28-3)12-21(26)24-18-8-6-9-19(13-18)25-16(2)14-23-22(25)27/h4-10,13-15H,11-12H2,1-3H3,(H,23,27)(H,24,26). The number of para-hydroxylation sites is 1. The number of aromatic nitrogens is 2. The fourth-order valence-electron chi connectivity index (χ4n) is 3.35. The zero-order chi connectivity index (χ0) is 20.1. The third-order valence-corrected chi connectivity index (χ3v) is 4.64. The second-order valence-corrected chi connectivity index (χ2v) is 6.99. The Hall–Kier alpha value is -3.28. The summed E-state index contributed by atoms with van der Waals surface area (Å²) < 4.78 is 6.95. The monoisotopic (exact) mass is 379 g/mol. The van der Waals surface area contributed by atoms with E-state index in [0.717, 1.165) is 23.4 Å². The predicted octanol–water partition coefficient (Wildman–Crippen LogP) is 3.69. The largest absolute Gasteiger partial charge is 0.496 e. The van der Waals surface area contributed by atoms with E-state index in [9.17, 15) is 9.59 Å². The molecule has 28 heavy (non-hydrogen) atoms. The van der Waals surface area contributed by atoms with Gasteiger partial charge in [0.15, 0.2) is 0 Å². The fourth-order valence-corrected chi connectivity index (χ4v) is 3.35. The molecule has 0 aliphatic carbocycles. The van der Waals surface area contributed by atoms with Crippen molar-refractivity contribution in [2.24, 2.45) is 5.92 Å². The average Bonchev–Trinajstić information content (AvgIpc) is 3.00. The number of anilines is 1. The van der Waals surface area contributed by atoms with Gasteiger partial charge in [-0.05, 0) is 49.1 Å². The summed E-state index contributed by atoms with van der Waals surface area (Å²) in [5, 5.41) is 2.93. The number of H-pyrrole nitrogens is 1. The normalized spacial score (nSPS) is 11.8. The van der Waals surface area contributed by atoms with Crippen LogP contribution >= 0.6 is 0 Å². The first-order valence-electron chi connectivity index (χ1n) is 9.27. The molecule has 1 amide bonds. The molecule has 146 valence electrons. The molecule has 0 saturated carbocycles. The Balaban J connectivity index is 1.65. The van der Waals surface area contributed by atoms with Crippen molar-refractivity contribution in [3.8, 4) is 11.4 Å². The van der Waals surface area contributed by atoms with Crippen LogP contribution in [0.15, 0.2) is 59.5 Å².